The van der Waals surface area contributed by atoms with E-state index in [0.29, 0.717) is 18.0 Å². The van der Waals surface area contributed by atoms with Gasteiger partial charge in [0, 0.05) is 17.3 Å². The molecule has 3 rings (SSSR count). The van der Waals surface area contributed by atoms with Gasteiger partial charge in [0.2, 0.25) is 15.9 Å². The molecule has 0 aliphatic carbocycles. The van der Waals surface area contributed by atoms with Gasteiger partial charge in [0.1, 0.15) is 6.04 Å². The van der Waals surface area contributed by atoms with Crippen molar-refractivity contribution in [3.05, 3.63) is 58.6 Å². The minimum atomic E-state index is -3.77. The molecule has 1 saturated heterocycles. The Bertz CT molecular complexity index is 942. The summed E-state index contributed by atoms with van der Waals surface area (Å²) in [5, 5.41) is 3.39. The van der Waals surface area contributed by atoms with Gasteiger partial charge >= 0.3 is 0 Å². The summed E-state index contributed by atoms with van der Waals surface area (Å²) in [6, 6.07) is 11.0. The Morgan fingerprint density at radius 3 is 2.52 bits per heavy atom. The summed E-state index contributed by atoms with van der Waals surface area (Å²) < 4.78 is 27.5. The Morgan fingerprint density at radius 2 is 1.81 bits per heavy atom. The van der Waals surface area contributed by atoms with E-state index in [2.05, 4.69) is 5.32 Å². The maximum atomic E-state index is 13.1. The Hall–Kier alpha value is -1.89. The Balaban J connectivity index is 1.87. The minimum Gasteiger partial charge on any atom is -0.324 e. The van der Waals surface area contributed by atoms with Crippen LogP contribution in [0.15, 0.2) is 47.4 Å². The van der Waals surface area contributed by atoms with Crippen molar-refractivity contribution in [1.29, 1.82) is 0 Å². The van der Waals surface area contributed by atoms with Crippen LogP contribution < -0.4 is 5.32 Å². The molecule has 5 nitrogen and oxygen atoms in total. The fraction of sp³-hybridized carbons (Fsp3) is 0.350. The number of amides is 1. The topological polar surface area (TPSA) is 66.5 Å². The number of aryl methyl sites for hydroxylation is 1. The first-order valence-electron chi connectivity index (χ1n) is 8.95. The number of halogens is 1. The number of carbonyl (C=O) groups is 1. The number of hydrogen-bond acceptors (Lipinski definition) is 3. The van der Waals surface area contributed by atoms with Crippen molar-refractivity contribution in [2.75, 3.05) is 11.9 Å². The van der Waals surface area contributed by atoms with Crippen LogP contribution in [0, 0.1) is 13.8 Å². The Kier molecular flexibility index (Phi) is 5.89. The number of sulfonamides is 1. The smallest absolute Gasteiger partial charge is 0.243 e. The second-order valence-electron chi connectivity index (χ2n) is 6.82. The lowest BCUT2D eigenvalue weighted by atomic mass is 10.0. The number of benzene rings is 2. The summed E-state index contributed by atoms with van der Waals surface area (Å²) in [6.07, 6.45) is 2.06. The van der Waals surface area contributed by atoms with Gasteiger partial charge in [-0.05, 0) is 68.1 Å². The van der Waals surface area contributed by atoms with E-state index in [0.717, 1.165) is 29.7 Å². The molecule has 1 amide bonds. The number of carbonyl (C=O) groups excluding carboxylic acids is 1. The highest BCUT2D eigenvalue weighted by atomic mass is 35.5. The van der Waals surface area contributed by atoms with Crippen LogP contribution in [0.2, 0.25) is 5.02 Å². The highest BCUT2D eigenvalue weighted by molar-refractivity contribution is 7.89. The molecule has 0 unspecified atom stereocenters. The molecule has 2 aromatic carbocycles. The molecule has 1 fully saturated rings. The van der Waals surface area contributed by atoms with Crippen LogP contribution in [0.1, 0.15) is 30.4 Å². The molecule has 7 heteroatoms. The predicted molar refractivity (Wildman–Crippen MR) is 108 cm³/mol. The summed E-state index contributed by atoms with van der Waals surface area (Å²) in [6.45, 7) is 4.24. The first kappa shape index (κ1) is 19.9. The van der Waals surface area contributed by atoms with Crippen molar-refractivity contribution in [1.82, 2.24) is 4.31 Å². The van der Waals surface area contributed by atoms with Crippen LogP contribution in [0.25, 0.3) is 0 Å². The lowest BCUT2D eigenvalue weighted by molar-refractivity contribution is -0.120. The second-order valence-corrected chi connectivity index (χ2v) is 9.14. The fourth-order valence-electron chi connectivity index (χ4n) is 3.30. The van der Waals surface area contributed by atoms with Gasteiger partial charge in [0.25, 0.3) is 0 Å². The third-order valence-corrected chi connectivity index (χ3v) is 7.21. The van der Waals surface area contributed by atoms with E-state index in [1.165, 1.54) is 16.4 Å². The third-order valence-electron chi connectivity index (χ3n) is 5.04. The first-order chi connectivity index (χ1) is 12.8. The van der Waals surface area contributed by atoms with E-state index in [-0.39, 0.29) is 10.8 Å². The molecule has 1 atom stereocenters. The third kappa shape index (κ3) is 4.18. The molecule has 0 spiro atoms. The molecule has 0 saturated carbocycles. The Labute approximate surface area is 165 Å². The highest BCUT2D eigenvalue weighted by Gasteiger charge is 2.37. The normalized spacial score (nSPS) is 18.3. The molecule has 2 aromatic rings. The molecule has 144 valence electrons. The van der Waals surface area contributed by atoms with E-state index in [4.69, 9.17) is 11.6 Å². The van der Waals surface area contributed by atoms with Gasteiger partial charge in [0.05, 0.1) is 4.90 Å². The fourth-order valence-corrected chi connectivity index (χ4v) is 5.08. The van der Waals surface area contributed by atoms with Crippen LogP contribution >= 0.6 is 11.6 Å². The van der Waals surface area contributed by atoms with Crippen molar-refractivity contribution >= 4 is 33.2 Å². The average molecular weight is 407 g/mol. The molecule has 1 aliphatic rings. The largest absolute Gasteiger partial charge is 0.324 e. The van der Waals surface area contributed by atoms with Gasteiger partial charge in [0.15, 0.2) is 0 Å². The molecule has 27 heavy (non-hydrogen) atoms. The number of anilines is 1. The molecule has 0 bridgehead atoms. The van der Waals surface area contributed by atoms with Crippen molar-refractivity contribution < 1.29 is 13.2 Å². The molecular formula is C20H23ClN2O3S. The number of nitrogens with zero attached hydrogens (tertiary/aromatic N) is 1. The molecule has 1 N–H and O–H groups in total. The highest BCUT2D eigenvalue weighted by Crippen LogP contribution is 2.28. The van der Waals surface area contributed by atoms with Gasteiger partial charge in [-0.3, -0.25) is 4.79 Å². The number of hydrogen-bond donors (Lipinski definition) is 1. The van der Waals surface area contributed by atoms with E-state index in [1.807, 2.05) is 32.0 Å². The Morgan fingerprint density at radius 1 is 1.11 bits per heavy atom. The van der Waals surface area contributed by atoms with Gasteiger partial charge in [-0.1, -0.05) is 30.2 Å². The van der Waals surface area contributed by atoms with Crippen molar-refractivity contribution in [2.45, 2.75) is 44.0 Å². The van der Waals surface area contributed by atoms with Crippen LogP contribution in [0.4, 0.5) is 5.69 Å². The molecule has 1 aliphatic heterocycles. The van der Waals surface area contributed by atoms with Gasteiger partial charge in [-0.15, -0.1) is 0 Å². The van der Waals surface area contributed by atoms with E-state index in [1.54, 1.807) is 12.1 Å². The predicted octanol–water partition coefficient (Wildman–Crippen LogP) is 4.14. The quantitative estimate of drug-likeness (QED) is 0.829. The monoisotopic (exact) mass is 406 g/mol. The first-order valence-corrected chi connectivity index (χ1v) is 10.8. The summed E-state index contributed by atoms with van der Waals surface area (Å²) in [4.78, 5) is 13.1. The maximum Gasteiger partial charge on any atom is 0.243 e. The lowest BCUT2D eigenvalue weighted by Gasteiger charge is -2.33. The van der Waals surface area contributed by atoms with Gasteiger partial charge < -0.3 is 5.32 Å². The summed E-state index contributed by atoms with van der Waals surface area (Å²) in [7, 11) is -3.77. The number of piperidine rings is 1. The van der Waals surface area contributed by atoms with E-state index < -0.39 is 16.1 Å². The van der Waals surface area contributed by atoms with E-state index >= 15 is 0 Å². The van der Waals surface area contributed by atoms with Crippen LogP contribution in [-0.2, 0) is 14.8 Å². The molecule has 0 aromatic heterocycles. The minimum absolute atomic E-state index is 0.151. The second kappa shape index (κ2) is 8.00. The summed E-state index contributed by atoms with van der Waals surface area (Å²) >= 11 is 5.87. The average Bonchev–Trinajstić information content (AvgIpc) is 2.66. The zero-order valence-electron chi connectivity index (χ0n) is 15.4. The molecule has 1 heterocycles. The van der Waals surface area contributed by atoms with Crippen molar-refractivity contribution in [3.63, 3.8) is 0 Å². The van der Waals surface area contributed by atoms with Crippen molar-refractivity contribution in [2.24, 2.45) is 0 Å². The van der Waals surface area contributed by atoms with Gasteiger partial charge in [-0.25, -0.2) is 8.42 Å². The number of nitrogens with one attached hydrogen (secondary N) is 1. The van der Waals surface area contributed by atoms with Crippen molar-refractivity contribution in [3.8, 4) is 0 Å². The number of rotatable bonds is 4. The SMILES string of the molecule is Cc1cccc(NC(=O)[C@@H]2CCCCN2S(=O)(=O)c2ccc(Cl)cc2)c1C. The van der Waals surface area contributed by atoms with Crippen LogP contribution in [0.5, 0.6) is 0 Å². The zero-order valence-corrected chi connectivity index (χ0v) is 17.0. The molecular weight excluding hydrogens is 384 g/mol. The maximum absolute atomic E-state index is 13.1. The van der Waals surface area contributed by atoms with E-state index in [9.17, 15) is 13.2 Å². The van der Waals surface area contributed by atoms with Crippen LogP contribution in [-0.4, -0.2) is 31.2 Å². The summed E-state index contributed by atoms with van der Waals surface area (Å²) in [5.41, 5.74) is 2.77. The lowest BCUT2D eigenvalue weighted by Crippen LogP contribution is -2.49. The van der Waals surface area contributed by atoms with Gasteiger partial charge in [-0.2, -0.15) is 4.31 Å². The van der Waals surface area contributed by atoms with Crippen LogP contribution in [0.3, 0.4) is 0 Å². The molecule has 0 radical (unpaired) electrons. The standard InChI is InChI=1S/C20H23ClN2O3S/c1-14-6-5-7-18(15(14)2)22-20(24)19-8-3-4-13-23(19)27(25,26)17-11-9-16(21)10-12-17/h5-7,9-12,19H,3-4,8,13H2,1-2H3,(H,22,24)/t19-/m0/s1. The summed E-state index contributed by atoms with van der Waals surface area (Å²) in [5.74, 6) is -0.291. The zero-order chi connectivity index (χ0) is 19.6.